The van der Waals surface area contributed by atoms with Gasteiger partial charge < -0.3 is 4.57 Å². The van der Waals surface area contributed by atoms with Crippen LogP contribution < -0.4 is 5.43 Å². The fourth-order valence-corrected chi connectivity index (χ4v) is 3.24. The second kappa shape index (κ2) is 6.58. The number of rotatable bonds is 5. The van der Waals surface area contributed by atoms with Gasteiger partial charge in [-0.15, -0.1) is 0 Å². The molecular weight excluding hydrogens is 284 g/mol. The van der Waals surface area contributed by atoms with E-state index in [1.54, 1.807) is 0 Å². The summed E-state index contributed by atoms with van der Waals surface area (Å²) in [5.74, 6) is 0.203. The Morgan fingerprint density at radius 2 is 1.91 bits per heavy atom. The van der Waals surface area contributed by atoms with Gasteiger partial charge in [0.25, 0.3) is 0 Å². The molecule has 0 aliphatic carbocycles. The Hall–Kier alpha value is -2.08. The number of nitriles is 1. The monoisotopic (exact) mass is 310 g/mol. The quantitative estimate of drug-likeness (QED) is 0.799. The van der Waals surface area contributed by atoms with Crippen LogP contribution >= 0.6 is 0 Å². The number of para-hydroxylation sites is 1. The van der Waals surface area contributed by atoms with E-state index in [1.807, 2.05) is 45.0 Å². The number of fused-ring (bicyclic) bond motifs is 1. The van der Waals surface area contributed by atoms with Gasteiger partial charge in [-0.05, 0) is 51.7 Å². The summed E-state index contributed by atoms with van der Waals surface area (Å²) in [6.45, 7) is 11.0. The second-order valence-electron chi connectivity index (χ2n) is 7.25. The Morgan fingerprint density at radius 1 is 1.26 bits per heavy atom. The van der Waals surface area contributed by atoms with Crippen molar-refractivity contribution < 1.29 is 0 Å². The van der Waals surface area contributed by atoms with Gasteiger partial charge in [0, 0.05) is 23.2 Å². The van der Waals surface area contributed by atoms with Crippen LogP contribution in [0.2, 0.25) is 0 Å². The zero-order valence-corrected chi connectivity index (χ0v) is 14.8. The van der Waals surface area contributed by atoms with E-state index in [4.69, 9.17) is 0 Å². The standard InChI is InChI=1S/C20H26N2O/c1-14(2)18-15(3)22(12-8-11-20(4,5)13-21)17-10-7-6-9-16(17)19(18)23/h6-7,9-10,14H,8,11-12H2,1-5H3. The van der Waals surface area contributed by atoms with E-state index in [0.29, 0.717) is 0 Å². The number of benzene rings is 1. The molecule has 122 valence electrons. The van der Waals surface area contributed by atoms with Crippen molar-refractivity contribution in [2.24, 2.45) is 5.41 Å². The molecule has 0 amide bonds. The lowest BCUT2D eigenvalue weighted by molar-refractivity contribution is 0.415. The molecule has 0 saturated carbocycles. The predicted molar refractivity (Wildman–Crippen MR) is 95.7 cm³/mol. The minimum absolute atomic E-state index is 0.154. The van der Waals surface area contributed by atoms with E-state index in [9.17, 15) is 10.1 Å². The van der Waals surface area contributed by atoms with Crippen LogP contribution in [0, 0.1) is 23.7 Å². The smallest absolute Gasteiger partial charge is 0.193 e. The van der Waals surface area contributed by atoms with E-state index in [0.717, 1.165) is 41.5 Å². The van der Waals surface area contributed by atoms with Crippen molar-refractivity contribution in [3.05, 3.63) is 45.7 Å². The lowest BCUT2D eigenvalue weighted by Gasteiger charge is -2.21. The Kier molecular flexibility index (Phi) is 4.94. The van der Waals surface area contributed by atoms with Crippen LogP contribution in [-0.2, 0) is 6.54 Å². The second-order valence-corrected chi connectivity index (χ2v) is 7.25. The van der Waals surface area contributed by atoms with E-state index >= 15 is 0 Å². The van der Waals surface area contributed by atoms with E-state index < -0.39 is 0 Å². The highest BCUT2D eigenvalue weighted by Crippen LogP contribution is 2.25. The average molecular weight is 310 g/mol. The fourth-order valence-electron chi connectivity index (χ4n) is 3.24. The third-order valence-electron chi connectivity index (χ3n) is 4.54. The molecule has 0 aliphatic heterocycles. The van der Waals surface area contributed by atoms with E-state index in [2.05, 4.69) is 24.5 Å². The van der Waals surface area contributed by atoms with Crippen molar-refractivity contribution in [1.29, 1.82) is 5.26 Å². The van der Waals surface area contributed by atoms with Crippen LogP contribution in [-0.4, -0.2) is 4.57 Å². The van der Waals surface area contributed by atoms with E-state index in [-0.39, 0.29) is 16.8 Å². The number of pyridine rings is 1. The molecule has 0 atom stereocenters. The predicted octanol–water partition coefficient (Wildman–Crippen LogP) is 4.76. The van der Waals surface area contributed by atoms with Crippen molar-refractivity contribution >= 4 is 10.9 Å². The minimum atomic E-state index is -0.302. The molecule has 0 bridgehead atoms. The zero-order chi connectivity index (χ0) is 17.2. The average Bonchev–Trinajstić information content (AvgIpc) is 2.50. The minimum Gasteiger partial charge on any atom is -0.344 e. The van der Waals surface area contributed by atoms with Gasteiger partial charge in [-0.1, -0.05) is 26.0 Å². The topological polar surface area (TPSA) is 45.8 Å². The molecule has 3 nitrogen and oxygen atoms in total. The number of nitrogens with zero attached hydrogens (tertiary/aromatic N) is 2. The normalized spacial score (nSPS) is 11.9. The van der Waals surface area contributed by atoms with Gasteiger partial charge in [0.05, 0.1) is 17.0 Å². The molecule has 0 spiro atoms. The van der Waals surface area contributed by atoms with Crippen molar-refractivity contribution in [3.63, 3.8) is 0 Å². The Labute approximate surface area is 138 Å². The molecule has 2 rings (SSSR count). The van der Waals surface area contributed by atoms with Crippen molar-refractivity contribution in [2.75, 3.05) is 0 Å². The summed E-state index contributed by atoms with van der Waals surface area (Å²) in [6, 6.07) is 10.2. The number of hydrogen-bond donors (Lipinski definition) is 0. The first-order valence-corrected chi connectivity index (χ1v) is 8.32. The molecule has 1 aromatic heterocycles. The fraction of sp³-hybridized carbons (Fsp3) is 0.500. The molecule has 1 heterocycles. The first-order valence-electron chi connectivity index (χ1n) is 8.32. The largest absolute Gasteiger partial charge is 0.344 e. The first kappa shape index (κ1) is 17.3. The van der Waals surface area contributed by atoms with Crippen LogP contribution in [0.3, 0.4) is 0 Å². The molecular formula is C20H26N2O. The maximum absolute atomic E-state index is 12.8. The molecule has 1 aromatic carbocycles. The van der Waals surface area contributed by atoms with Crippen LogP contribution in [0.25, 0.3) is 10.9 Å². The molecule has 0 unspecified atom stereocenters. The number of aromatic nitrogens is 1. The summed E-state index contributed by atoms with van der Waals surface area (Å²) >= 11 is 0. The summed E-state index contributed by atoms with van der Waals surface area (Å²) in [5, 5.41) is 9.97. The maximum Gasteiger partial charge on any atom is 0.193 e. The lowest BCUT2D eigenvalue weighted by atomic mass is 9.89. The molecule has 0 fully saturated rings. The molecule has 0 N–H and O–H groups in total. The number of aryl methyl sites for hydroxylation is 1. The molecule has 3 heteroatoms. The van der Waals surface area contributed by atoms with Crippen LogP contribution in [0.5, 0.6) is 0 Å². The van der Waals surface area contributed by atoms with Gasteiger partial charge in [-0.3, -0.25) is 4.79 Å². The highest BCUT2D eigenvalue weighted by atomic mass is 16.1. The first-order chi connectivity index (χ1) is 10.8. The summed E-state index contributed by atoms with van der Waals surface area (Å²) in [5.41, 5.74) is 2.81. The van der Waals surface area contributed by atoms with Crippen molar-refractivity contribution in [1.82, 2.24) is 4.57 Å². The van der Waals surface area contributed by atoms with Gasteiger partial charge in [0.2, 0.25) is 0 Å². The van der Waals surface area contributed by atoms with Gasteiger partial charge in [0.15, 0.2) is 5.43 Å². The van der Waals surface area contributed by atoms with Crippen LogP contribution in [0.4, 0.5) is 0 Å². The molecule has 0 aliphatic rings. The Balaban J connectivity index is 2.50. The maximum atomic E-state index is 12.8. The van der Waals surface area contributed by atoms with Crippen molar-refractivity contribution in [2.45, 2.75) is 59.9 Å². The highest BCUT2D eigenvalue weighted by Gasteiger charge is 2.18. The summed E-state index contributed by atoms with van der Waals surface area (Å²) < 4.78 is 2.25. The highest BCUT2D eigenvalue weighted by molar-refractivity contribution is 5.80. The third-order valence-corrected chi connectivity index (χ3v) is 4.54. The summed E-state index contributed by atoms with van der Waals surface area (Å²) in [7, 11) is 0. The van der Waals surface area contributed by atoms with Gasteiger partial charge in [-0.25, -0.2) is 0 Å². The van der Waals surface area contributed by atoms with Crippen LogP contribution in [0.1, 0.15) is 57.7 Å². The lowest BCUT2D eigenvalue weighted by Crippen LogP contribution is -2.20. The van der Waals surface area contributed by atoms with Crippen LogP contribution in [0.15, 0.2) is 29.1 Å². The summed E-state index contributed by atoms with van der Waals surface area (Å²) in [6.07, 6.45) is 1.77. The summed E-state index contributed by atoms with van der Waals surface area (Å²) in [4.78, 5) is 12.8. The third kappa shape index (κ3) is 3.47. The zero-order valence-electron chi connectivity index (χ0n) is 14.8. The Bertz CT molecular complexity index is 807. The molecule has 0 radical (unpaired) electrons. The van der Waals surface area contributed by atoms with Gasteiger partial charge >= 0.3 is 0 Å². The van der Waals surface area contributed by atoms with Crippen molar-refractivity contribution in [3.8, 4) is 6.07 Å². The molecule has 23 heavy (non-hydrogen) atoms. The van der Waals surface area contributed by atoms with Gasteiger partial charge in [0.1, 0.15) is 0 Å². The SMILES string of the molecule is Cc1c(C(C)C)c(=O)c2ccccc2n1CCCC(C)(C)C#N. The number of hydrogen-bond acceptors (Lipinski definition) is 2. The molecule has 2 aromatic rings. The van der Waals surface area contributed by atoms with E-state index in [1.165, 1.54) is 0 Å². The van der Waals surface area contributed by atoms with Gasteiger partial charge in [-0.2, -0.15) is 5.26 Å². The molecule has 0 saturated heterocycles. The Morgan fingerprint density at radius 3 is 2.52 bits per heavy atom.